The summed E-state index contributed by atoms with van der Waals surface area (Å²) in [5, 5.41) is 0. The number of amides is 2. The molecule has 0 N–H and O–H groups in total. The van der Waals surface area contributed by atoms with E-state index in [0.717, 1.165) is 26.0 Å². The highest BCUT2D eigenvalue weighted by molar-refractivity contribution is 6.23. The first-order valence-electron chi connectivity index (χ1n) is 9.22. The molecule has 4 atom stereocenters. The van der Waals surface area contributed by atoms with Gasteiger partial charge in [0.25, 0.3) is 6.29 Å². The van der Waals surface area contributed by atoms with Crippen LogP contribution in [0.1, 0.15) is 19.4 Å². The molecule has 0 aliphatic carbocycles. The van der Waals surface area contributed by atoms with Crippen molar-refractivity contribution in [3.8, 4) is 0 Å². The third kappa shape index (κ3) is 3.19. The summed E-state index contributed by atoms with van der Waals surface area (Å²) >= 11 is 0. The molecule has 2 saturated heterocycles. The predicted octanol–water partition coefficient (Wildman–Crippen LogP) is 1.97. The molecular formula is C20H16F3NO7. The molecule has 1 aromatic carbocycles. The van der Waals surface area contributed by atoms with Crippen molar-refractivity contribution in [2.24, 2.45) is 11.8 Å². The number of imide groups is 1. The van der Waals surface area contributed by atoms with E-state index in [1.54, 1.807) is 0 Å². The van der Waals surface area contributed by atoms with Crippen molar-refractivity contribution in [1.29, 1.82) is 0 Å². The Kier molecular flexibility index (Phi) is 4.69. The maximum Gasteiger partial charge on any atom is 0.416 e. The van der Waals surface area contributed by atoms with Gasteiger partial charge in [0.2, 0.25) is 11.8 Å². The Morgan fingerprint density at radius 2 is 1.77 bits per heavy atom. The van der Waals surface area contributed by atoms with Gasteiger partial charge in [-0.1, -0.05) is 12.1 Å². The zero-order valence-corrected chi connectivity index (χ0v) is 16.2. The van der Waals surface area contributed by atoms with Crippen LogP contribution in [0.4, 0.5) is 18.9 Å². The second-order valence-corrected chi connectivity index (χ2v) is 7.41. The molecule has 2 amide bonds. The number of benzene rings is 1. The molecule has 3 heterocycles. The highest BCUT2D eigenvalue weighted by atomic mass is 19.4. The number of carbonyl (C=O) groups excluding carboxylic acids is 4. The Morgan fingerprint density at radius 1 is 1.13 bits per heavy atom. The lowest BCUT2D eigenvalue weighted by Crippen LogP contribution is -2.52. The Balaban J connectivity index is 1.74. The summed E-state index contributed by atoms with van der Waals surface area (Å²) in [6, 6.07) is 3.83. The minimum Gasteiger partial charge on any atom is -0.422 e. The van der Waals surface area contributed by atoms with E-state index < -0.39 is 65.3 Å². The Bertz CT molecular complexity index is 1000. The molecule has 3 aliphatic rings. The van der Waals surface area contributed by atoms with Crippen LogP contribution in [-0.2, 0) is 39.6 Å². The Morgan fingerprint density at radius 3 is 2.35 bits per heavy atom. The van der Waals surface area contributed by atoms with E-state index in [-0.39, 0.29) is 5.69 Å². The number of hydrogen-bond donors (Lipinski definition) is 0. The van der Waals surface area contributed by atoms with Crippen LogP contribution in [0.25, 0.3) is 0 Å². The first-order chi connectivity index (χ1) is 14.5. The van der Waals surface area contributed by atoms with Crippen molar-refractivity contribution in [1.82, 2.24) is 0 Å². The van der Waals surface area contributed by atoms with E-state index in [9.17, 15) is 32.3 Å². The van der Waals surface area contributed by atoms with E-state index in [4.69, 9.17) is 14.2 Å². The minimum atomic E-state index is -4.67. The number of rotatable bonds is 4. The monoisotopic (exact) mass is 439 g/mol. The summed E-state index contributed by atoms with van der Waals surface area (Å²) in [6.45, 7) is 2.12. The molecule has 8 nitrogen and oxygen atoms in total. The molecule has 31 heavy (non-hydrogen) atoms. The summed E-state index contributed by atoms with van der Waals surface area (Å²) in [7, 11) is 0. The number of esters is 2. The first kappa shape index (κ1) is 21.0. The summed E-state index contributed by atoms with van der Waals surface area (Å²) in [5.74, 6) is -5.57. The second-order valence-electron chi connectivity index (χ2n) is 7.41. The van der Waals surface area contributed by atoms with Gasteiger partial charge in [0, 0.05) is 13.8 Å². The van der Waals surface area contributed by atoms with E-state index in [1.807, 2.05) is 0 Å². The lowest BCUT2D eigenvalue weighted by molar-refractivity contribution is -0.226. The normalized spacial score (nSPS) is 29.0. The zero-order valence-electron chi connectivity index (χ0n) is 16.2. The number of nitrogens with zero attached hydrogens (tertiary/aromatic N) is 1. The van der Waals surface area contributed by atoms with Gasteiger partial charge < -0.3 is 14.2 Å². The number of hydrogen-bond acceptors (Lipinski definition) is 7. The lowest BCUT2D eigenvalue weighted by Gasteiger charge is -2.34. The van der Waals surface area contributed by atoms with E-state index in [2.05, 4.69) is 0 Å². The van der Waals surface area contributed by atoms with Crippen LogP contribution in [-0.4, -0.2) is 41.7 Å². The third-order valence-electron chi connectivity index (χ3n) is 5.42. The molecule has 11 heteroatoms. The molecule has 0 unspecified atom stereocenters. The number of carbonyl (C=O) groups is 4. The minimum absolute atomic E-state index is 0.245. The fraction of sp³-hybridized carbons (Fsp3) is 0.400. The fourth-order valence-corrected chi connectivity index (χ4v) is 4.29. The van der Waals surface area contributed by atoms with Crippen LogP contribution in [0.5, 0.6) is 0 Å². The van der Waals surface area contributed by atoms with Crippen LogP contribution >= 0.6 is 0 Å². The Hall–Kier alpha value is -3.21. The largest absolute Gasteiger partial charge is 0.422 e. The van der Waals surface area contributed by atoms with Crippen molar-refractivity contribution in [2.45, 2.75) is 38.0 Å². The number of alkyl halides is 3. The van der Waals surface area contributed by atoms with Gasteiger partial charge in [0.15, 0.2) is 5.60 Å². The van der Waals surface area contributed by atoms with Gasteiger partial charge in [0.1, 0.15) is 0 Å². The van der Waals surface area contributed by atoms with Gasteiger partial charge in [0.05, 0.1) is 29.2 Å². The standard InChI is InChI=1S/C20H16F3NO7/c1-9(25)29-18(30-10(2)26)19-7-6-13(31-19)14-15(19)17(28)24(16(14)27)12-5-3-4-11(8-12)20(21,22)23/h3-8,13-15,18H,1-2H3/t13-,14+,15+,19+/m0/s1. The maximum absolute atomic E-state index is 13.3. The van der Waals surface area contributed by atoms with Gasteiger partial charge >= 0.3 is 18.1 Å². The smallest absolute Gasteiger partial charge is 0.416 e. The topological polar surface area (TPSA) is 99.2 Å². The SMILES string of the molecule is CC(=O)OC(OC(C)=O)[C@]12C=C[C@H](O1)[C@H]1C(=O)N(c3cccc(C(F)(F)F)c3)C(=O)[C@@H]12. The highest BCUT2D eigenvalue weighted by Crippen LogP contribution is 2.54. The molecule has 2 bridgehead atoms. The van der Waals surface area contributed by atoms with E-state index in [0.29, 0.717) is 11.0 Å². The van der Waals surface area contributed by atoms with Gasteiger partial charge in [-0.25, -0.2) is 4.90 Å². The van der Waals surface area contributed by atoms with Gasteiger partial charge in [-0.15, -0.1) is 0 Å². The molecular weight excluding hydrogens is 423 g/mol. The summed E-state index contributed by atoms with van der Waals surface area (Å²) in [5.41, 5.74) is -3.03. The first-order valence-corrected chi connectivity index (χ1v) is 9.22. The predicted molar refractivity (Wildman–Crippen MR) is 95.0 cm³/mol. The molecule has 2 fully saturated rings. The van der Waals surface area contributed by atoms with Gasteiger partial charge in [-0.05, 0) is 24.3 Å². The van der Waals surface area contributed by atoms with E-state index in [1.165, 1.54) is 18.2 Å². The average Bonchev–Trinajstić information content (AvgIpc) is 3.31. The molecule has 0 aromatic heterocycles. The number of fused-ring (bicyclic) bond motifs is 5. The maximum atomic E-state index is 13.3. The van der Waals surface area contributed by atoms with Crippen LogP contribution in [0.3, 0.4) is 0 Å². The van der Waals surface area contributed by atoms with Crippen molar-refractivity contribution in [3.05, 3.63) is 42.0 Å². The quantitative estimate of drug-likeness (QED) is 0.306. The summed E-state index contributed by atoms with van der Waals surface area (Å²) in [4.78, 5) is 50.1. The van der Waals surface area contributed by atoms with Crippen molar-refractivity contribution >= 4 is 29.4 Å². The number of anilines is 1. The van der Waals surface area contributed by atoms with Crippen molar-refractivity contribution < 1.29 is 46.6 Å². The second kappa shape index (κ2) is 6.91. The van der Waals surface area contributed by atoms with Crippen molar-refractivity contribution in [3.63, 3.8) is 0 Å². The molecule has 3 aliphatic heterocycles. The third-order valence-corrected chi connectivity index (χ3v) is 5.42. The van der Waals surface area contributed by atoms with Crippen LogP contribution in [0, 0.1) is 11.8 Å². The molecule has 1 aromatic rings. The molecule has 0 radical (unpaired) electrons. The molecule has 0 spiro atoms. The highest BCUT2D eigenvalue weighted by Gasteiger charge is 2.72. The van der Waals surface area contributed by atoms with Crippen molar-refractivity contribution in [2.75, 3.05) is 4.90 Å². The van der Waals surface area contributed by atoms with Crippen LogP contribution in [0.2, 0.25) is 0 Å². The van der Waals surface area contributed by atoms with Crippen LogP contribution < -0.4 is 4.90 Å². The molecule has 164 valence electrons. The van der Waals surface area contributed by atoms with E-state index >= 15 is 0 Å². The number of halogens is 3. The van der Waals surface area contributed by atoms with Crippen LogP contribution in [0.15, 0.2) is 36.4 Å². The summed E-state index contributed by atoms with van der Waals surface area (Å²) < 4.78 is 55.3. The lowest BCUT2D eigenvalue weighted by atomic mass is 9.76. The molecule has 4 rings (SSSR count). The average molecular weight is 439 g/mol. The zero-order chi connectivity index (χ0) is 22.7. The Labute approximate surface area is 173 Å². The van der Waals surface area contributed by atoms with Gasteiger partial charge in [-0.3, -0.25) is 19.2 Å². The fourth-order valence-electron chi connectivity index (χ4n) is 4.29. The van der Waals surface area contributed by atoms with Gasteiger partial charge in [-0.2, -0.15) is 13.2 Å². The summed E-state index contributed by atoms with van der Waals surface area (Å²) in [6.07, 6.45) is -4.36. The molecule has 0 saturated carbocycles. The number of ether oxygens (including phenoxy) is 3.